The number of carbonyl (C=O) groups is 1. The van der Waals surface area contributed by atoms with Crippen molar-refractivity contribution in [2.75, 3.05) is 0 Å². The van der Waals surface area contributed by atoms with Gasteiger partial charge in [-0.3, -0.25) is 4.79 Å². The van der Waals surface area contributed by atoms with Crippen LogP contribution in [0.3, 0.4) is 0 Å². The molecule has 2 aromatic rings. The number of hydrogen-bond acceptors (Lipinski definition) is 4. The molecule has 4 nitrogen and oxygen atoms in total. The second kappa shape index (κ2) is 6.83. The summed E-state index contributed by atoms with van der Waals surface area (Å²) in [6, 6.07) is 10.5. The lowest BCUT2D eigenvalue weighted by molar-refractivity contribution is -0.110. The third kappa shape index (κ3) is 4.14. The predicted molar refractivity (Wildman–Crippen MR) is 85.9 cm³/mol. The van der Waals surface area contributed by atoms with Crippen LogP contribution in [-0.2, 0) is 4.79 Å². The Morgan fingerprint density at radius 3 is 2.41 bits per heavy atom. The number of aliphatic hydroxyl groups is 1. The summed E-state index contributed by atoms with van der Waals surface area (Å²) < 4.78 is 0. The van der Waals surface area contributed by atoms with E-state index in [1.807, 2.05) is 0 Å². The van der Waals surface area contributed by atoms with Crippen LogP contribution in [0, 0.1) is 0 Å². The van der Waals surface area contributed by atoms with Gasteiger partial charge in [0.1, 0.15) is 17.3 Å². The fraction of sp³-hybridized carbons (Fsp3) is 0. The molecule has 22 heavy (non-hydrogen) atoms. The van der Waals surface area contributed by atoms with Crippen molar-refractivity contribution in [3.63, 3.8) is 0 Å². The zero-order chi connectivity index (χ0) is 16.1. The SMILES string of the molecule is O=C(C=C(O)c1cc(Cl)ccc1O)/C=C/c1ccc(O)cc1. The quantitative estimate of drug-likeness (QED) is 0.590. The van der Waals surface area contributed by atoms with Gasteiger partial charge in [-0.1, -0.05) is 29.8 Å². The molecule has 0 heterocycles. The maximum absolute atomic E-state index is 11.8. The minimum atomic E-state index is -0.454. The van der Waals surface area contributed by atoms with Crippen molar-refractivity contribution in [3.05, 3.63) is 70.8 Å². The van der Waals surface area contributed by atoms with Crippen molar-refractivity contribution < 1.29 is 20.1 Å². The zero-order valence-electron chi connectivity index (χ0n) is 11.4. The van der Waals surface area contributed by atoms with Gasteiger partial charge in [-0.15, -0.1) is 0 Å². The van der Waals surface area contributed by atoms with E-state index in [4.69, 9.17) is 16.7 Å². The molecule has 5 heteroatoms. The standard InChI is InChI=1S/C17H13ClO4/c18-12-4-8-16(21)15(9-12)17(22)10-14(20)7-3-11-1-5-13(19)6-2-11/h1-10,19,21-22H/b7-3+,17-10?. The van der Waals surface area contributed by atoms with Gasteiger partial charge in [0.05, 0.1) is 5.56 Å². The van der Waals surface area contributed by atoms with E-state index in [9.17, 15) is 15.0 Å². The average Bonchev–Trinajstić information content (AvgIpc) is 2.49. The van der Waals surface area contributed by atoms with Gasteiger partial charge in [0, 0.05) is 11.1 Å². The van der Waals surface area contributed by atoms with Crippen LogP contribution in [0.25, 0.3) is 11.8 Å². The molecule has 0 fully saturated rings. The van der Waals surface area contributed by atoms with Gasteiger partial charge in [-0.25, -0.2) is 0 Å². The summed E-state index contributed by atoms with van der Waals surface area (Å²) in [4.78, 5) is 11.8. The zero-order valence-corrected chi connectivity index (χ0v) is 12.2. The second-order valence-electron chi connectivity index (χ2n) is 4.52. The first-order valence-corrected chi connectivity index (χ1v) is 6.74. The van der Waals surface area contributed by atoms with Gasteiger partial charge in [0.15, 0.2) is 5.78 Å². The van der Waals surface area contributed by atoms with E-state index in [2.05, 4.69) is 0 Å². The van der Waals surface area contributed by atoms with Gasteiger partial charge >= 0.3 is 0 Å². The number of hydrogen-bond donors (Lipinski definition) is 3. The highest BCUT2D eigenvalue weighted by atomic mass is 35.5. The summed E-state index contributed by atoms with van der Waals surface area (Å²) in [5.74, 6) is -0.865. The molecular weight excluding hydrogens is 304 g/mol. The number of ketones is 1. The van der Waals surface area contributed by atoms with Crippen LogP contribution >= 0.6 is 11.6 Å². The first-order valence-electron chi connectivity index (χ1n) is 6.36. The van der Waals surface area contributed by atoms with Crippen LogP contribution in [-0.4, -0.2) is 21.1 Å². The largest absolute Gasteiger partial charge is 0.508 e. The topological polar surface area (TPSA) is 77.8 Å². The van der Waals surface area contributed by atoms with Crippen molar-refractivity contribution in [2.45, 2.75) is 0 Å². The van der Waals surface area contributed by atoms with Crippen molar-refractivity contribution in [1.29, 1.82) is 0 Å². The van der Waals surface area contributed by atoms with E-state index in [1.165, 1.54) is 36.4 Å². The third-order valence-electron chi connectivity index (χ3n) is 2.85. The Morgan fingerprint density at radius 1 is 1.05 bits per heavy atom. The Kier molecular flexibility index (Phi) is 4.86. The Balaban J connectivity index is 2.15. The van der Waals surface area contributed by atoms with Gasteiger partial charge in [-0.2, -0.15) is 0 Å². The molecule has 0 aliphatic heterocycles. The van der Waals surface area contributed by atoms with Crippen LogP contribution in [0.15, 0.2) is 54.6 Å². The molecule has 0 aromatic heterocycles. The number of allylic oxidation sites excluding steroid dienone is 2. The molecule has 0 saturated heterocycles. The van der Waals surface area contributed by atoms with Crippen molar-refractivity contribution in [2.24, 2.45) is 0 Å². The number of phenolic OH excluding ortho intramolecular Hbond substituents is 2. The van der Waals surface area contributed by atoms with E-state index in [0.29, 0.717) is 5.02 Å². The number of phenols is 2. The lowest BCUT2D eigenvalue weighted by Gasteiger charge is -2.03. The highest BCUT2D eigenvalue weighted by Crippen LogP contribution is 2.26. The maximum atomic E-state index is 11.8. The van der Waals surface area contributed by atoms with Gasteiger partial charge < -0.3 is 15.3 Å². The van der Waals surface area contributed by atoms with Gasteiger partial charge in [0.2, 0.25) is 0 Å². The minimum absolute atomic E-state index is 0.0823. The van der Waals surface area contributed by atoms with Crippen LogP contribution in [0.1, 0.15) is 11.1 Å². The van der Waals surface area contributed by atoms with Crippen molar-refractivity contribution >= 4 is 29.2 Å². The van der Waals surface area contributed by atoms with E-state index >= 15 is 0 Å². The summed E-state index contributed by atoms with van der Waals surface area (Å²) >= 11 is 5.78. The van der Waals surface area contributed by atoms with Crippen molar-refractivity contribution in [3.8, 4) is 11.5 Å². The summed E-state index contributed by atoms with van der Waals surface area (Å²) in [7, 11) is 0. The molecule has 0 saturated carbocycles. The Morgan fingerprint density at radius 2 is 1.73 bits per heavy atom. The fourth-order valence-electron chi connectivity index (χ4n) is 1.74. The smallest absolute Gasteiger partial charge is 0.182 e. The number of halogens is 1. The third-order valence-corrected chi connectivity index (χ3v) is 3.08. The molecule has 0 aliphatic carbocycles. The highest BCUT2D eigenvalue weighted by molar-refractivity contribution is 6.30. The van der Waals surface area contributed by atoms with Crippen LogP contribution in [0.4, 0.5) is 0 Å². The molecule has 0 radical (unpaired) electrons. The lowest BCUT2D eigenvalue weighted by atomic mass is 10.1. The number of aromatic hydroxyl groups is 2. The molecule has 0 aliphatic rings. The summed E-state index contributed by atoms with van der Waals surface area (Å²) in [5, 5.41) is 29.0. The van der Waals surface area contributed by atoms with Crippen LogP contribution in [0.5, 0.6) is 11.5 Å². The molecule has 2 rings (SSSR count). The summed E-state index contributed by atoms with van der Waals surface area (Å²) in [5.41, 5.74) is 0.809. The maximum Gasteiger partial charge on any atom is 0.182 e. The molecule has 3 N–H and O–H groups in total. The molecule has 0 atom stereocenters. The molecule has 2 aromatic carbocycles. The van der Waals surface area contributed by atoms with E-state index in [0.717, 1.165) is 11.6 Å². The molecule has 0 spiro atoms. The van der Waals surface area contributed by atoms with Gasteiger partial charge in [-0.05, 0) is 42.0 Å². The van der Waals surface area contributed by atoms with E-state index < -0.39 is 5.78 Å². The Labute approximate surface area is 132 Å². The number of benzene rings is 2. The van der Waals surface area contributed by atoms with Crippen LogP contribution < -0.4 is 0 Å². The minimum Gasteiger partial charge on any atom is -0.508 e. The predicted octanol–water partition coefficient (Wildman–Crippen LogP) is 3.93. The van der Waals surface area contributed by atoms with Gasteiger partial charge in [0.25, 0.3) is 0 Å². The molecular formula is C17H13ClO4. The number of rotatable bonds is 4. The monoisotopic (exact) mass is 316 g/mol. The first-order chi connectivity index (χ1) is 10.5. The van der Waals surface area contributed by atoms with Crippen molar-refractivity contribution in [1.82, 2.24) is 0 Å². The second-order valence-corrected chi connectivity index (χ2v) is 4.95. The molecule has 0 unspecified atom stereocenters. The van der Waals surface area contributed by atoms with Crippen LogP contribution in [0.2, 0.25) is 5.02 Å². The Hall–Kier alpha value is -2.72. The number of aliphatic hydroxyl groups excluding tert-OH is 1. The summed E-state index contributed by atoms with van der Waals surface area (Å²) in [6.07, 6.45) is 3.80. The fourth-order valence-corrected chi connectivity index (χ4v) is 1.91. The van der Waals surface area contributed by atoms with E-state index in [-0.39, 0.29) is 22.8 Å². The molecule has 112 valence electrons. The summed E-state index contributed by atoms with van der Waals surface area (Å²) in [6.45, 7) is 0. The molecule has 0 amide bonds. The van der Waals surface area contributed by atoms with E-state index in [1.54, 1.807) is 18.2 Å². The number of carbonyl (C=O) groups excluding carboxylic acids is 1. The normalized spacial score (nSPS) is 11.8. The first kappa shape index (κ1) is 15.7. The highest BCUT2D eigenvalue weighted by Gasteiger charge is 2.08. The Bertz CT molecular complexity index is 746. The lowest BCUT2D eigenvalue weighted by Crippen LogP contribution is -1.91. The molecule has 0 bridgehead atoms. The average molecular weight is 317 g/mol.